The second kappa shape index (κ2) is 9.20. The van der Waals surface area contributed by atoms with E-state index in [9.17, 15) is 0 Å². The van der Waals surface area contributed by atoms with Crippen LogP contribution in [0.5, 0.6) is 0 Å². The molecule has 5 heteroatoms. The van der Waals surface area contributed by atoms with Crippen LogP contribution in [0.3, 0.4) is 0 Å². The third-order valence-electron chi connectivity index (χ3n) is 0.771. The molecule has 0 rings (SSSR count). The van der Waals surface area contributed by atoms with Crippen molar-refractivity contribution < 1.29 is 22.8 Å². The Morgan fingerprint density at radius 1 is 1.30 bits per heavy atom. The normalized spacial score (nSPS) is 10.6. The molecular formula is C5H14I3NO. The molecule has 0 aromatic rings. The van der Waals surface area contributed by atoms with Gasteiger partial charge in [-0.2, -0.15) is 0 Å². The topological polar surface area (TPSA) is 20.2 Å². The van der Waals surface area contributed by atoms with Crippen molar-refractivity contribution in [2.75, 3.05) is 34.3 Å². The van der Waals surface area contributed by atoms with Crippen molar-refractivity contribution in [2.45, 2.75) is 0 Å². The monoisotopic (exact) mass is 485 g/mol. The predicted molar refractivity (Wildman–Crippen MR) is 58.0 cm³/mol. The molecule has 0 unspecified atom stereocenters. The van der Waals surface area contributed by atoms with Crippen LogP contribution in [-0.4, -0.2) is 43.9 Å². The zero-order chi connectivity index (χ0) is 8.62. The van der Waals surface area contributed by atoms with Crippen molar-refractivity contribution in [3.8, 4) is 0 Å². The molecule has 0 heterocycles. The van der Waals surface area contributed by atoms with Crippen LogP contribution >= 0.6 is 37.2 Å². The fourth-order valence-corrected chi connectivity index (χ4v) is 0.300. The van der Waals surface area contributed by atoms with Gasteiger partial charge in [0.2, 0.25) is 0 Å². The van der Waals surface area contributed by atoms with E-state index in [1.54, 1.807) is 0 Å². The van der Waals surface area contributed by atoms with Gasteiger partial charge < -0.3 is 9.59 Å². The Hall–Kier alpha value is 2.11. The van der Waals surface area contributed by atoms with Gasteiger partial charge in [0.1, 0.15) is 6.54 Å². The molecule has 0 saturated heterocycles. The molecule has 0 aliphatic carbocycles. The number of hydrogen-bond acceptors (Lipinski definition) is 1. The summed E-state index contributed by atoms with van der Waals surface area (Å²) in [6.07, 6.45) is 0. The first-order chi connectivity index (χ1) is 4.47. The molecule has 0 spiro atoms. The van der Waals surface area contributed by atoms with Gasteiger partial charge >= 0.3 is 50.5 Å². The molecule has 0 aromatic carbocycles. The van der Waals surface area contributed by atoms with Crippen LogP contribution in [0.15, 0.2) is 0 Å². The molecule has 0 atom stereocenters. The zero-order valence-electron chi connectivity index (χ0n) is 6.44. The number of aliphatic hydroxyl groups excluding tert-OH is 1. The first-order valence-electron chi connectivity index (χ1n) is 2.76. The van der Waals surface area contributed by atoms with Crippen LogP contribution in [0.2, 0.25) is 0 Å². The van der Waals surface area contributed by atoms with E-state index in [2.05, 4.69) is 58.4 Å². The molecule has 10 heavy (non-hydrogen) atoms. The Bertz CT molecular complexity index is 64.4. The Morgan fingerprint density at radius 3 is 1.60 bits per heavy atom. The van der Waals surface area contributed by atoms with Crippen molar-refractivity contribution in [1.82, 2.24) is 0 Å². The van der Waals surface area contributed by atoms with Crippen LogP contribution in [-0.2, 0) is 0 Å². The van der Waals surface area contributed by atoms with Gasteiger partial charge in [0, 0.05) is 0 Å². The van der Waals surface area contributed by atoms with Crippen LogP contribution in [0.1, 0.15) is 0 Å². The summed E-state index contributed by atoms with van der Waals surface area (Å²) in [7, 11) is 6.16. The number of nitrogens with zero attached hydrogens (tertiary/aromatic N) is 1. The average molecular weight is 485 g/mol. The van der Waals surface area contributed by atoms with Gasteiger partial charge in [-0.05, 0) is 0 Å². The van der Waals surface area contributed by atoms with E-state index in [0.29, 0.717) is 13.3 Å². The Labute approximate surface area is 93.0 Å². The van der Waals surface area contributed by atoms with E-state index in [1.165, 1.54) is 0 Å². The molecule has 1 N–H and O–H groups in total. The fourth-order valence-electron chi connectivity index (χ4n) is 0.300. The number of hydrogen-bond donors (Lipinski definition) is 1. The first kappa shape index (κ1) is 14.6. The quantitative estimate of drug-likeness (QED) is 0.372. The van der Waals surface area contributed by atoms with Crippen molar-refractivity contribution >= 4 is 37.2 Å². The van der Waals surface area contributed by atoms with E-state index < -0.39 is 0 Å². The molecule has 0 bridgehead atoms. The summed E-state index contributed by atoms with van der Waals surface area (Å²) in [5, 5.41) is 8.39. The number of quaternary nitrogens is 1. The summed E-state index contributed by atoms with van der Waals surface area (Å²) in [4.78, 5) is 0. The second-order valence-electron chi connectivity index (χ2n) is 2.79. The Morgan fingerprint density at radius 2 is 1.60 bits per heavy atom. The first-order valence-corrected chi connectivity index (χ1v) is 15.3. The second-order valence-corrected chi connectivity index (χ2v) is 19.0. The van der Waals surface area contributed by atoms with Crippen LogP contribution in [0.25, 0.3) is 0 Å². The van der Waals surface area contributed by atoms with Crippen LogP contribution in [0, 0.1) is 0 Å². The van der Waals surface area contributed by atoms with Crippen LogP contribution < -0.4 is 13.3 Å². The summed E-state index contributed by atoms with van der Waals surface area (Å²) in [6.45, 7) is 1.11. The minimum absolute atomic E-state index is 0.281. The SMILES string of the molecule is C[N+](C)(C)CCO.I[I-]I. The van der Waals surface area contributed by atoms with E-state index in [0.717, 1.165) is 11.0 Å². The minimum atomic E-state index is 0.281. The van der Waals surface area contributed by atoms with Crippen molar-refractivity contribution in [2.24, 2.45) is 0 Å². The van der Waals surface area contributed by atoms with Gasteiger partial charge in [0.05, 0.1) is 27.7 Å². The average Bonchev–Trinajstić information content (AvgIpc) is 1.63. The van der Waals surface area contributed by atoms with Gasteiger partial charge in [-0.15, -0.1) is 0 Å². The maximum atomic E-state index is 8.39. The molecule has 0 fully saturated rings. The summed E-state index contributed by atoms with van der Waals surface area (Å²) >= 11 is 5.30. The number of rotatable bonds is 2. The van der Waals surface area contributed by atoms with E-state index in [1.807, 2.05) is 0 Å². The van der Waals surface area contributed by atoms with Gasteiger partial charge in [-0.3, -0.25) is 0 Å². The fraction of sp³-hybridized carbons (Fsp3) is 1.00. The molecule has 0 aromatic heterocycles. The molecule has 0 aliphatic rings. The molecule has 0 aliphatic heterocycles. The van der Waals surface area contributed by atoms with Crippen LogP contribution in [0.4, 0.5) is 0 Å². The Balaban J connectivity index is 0. The van der Waals surface area contributed by atoms with E-state index >= 15 is 0 Å². The molecule has 0 saturated carbocycles. The zero-order valence-corrected chi connectivity index (χ0v) is 12.9. The van der Waals surface area contributed by atoms with Crippen molar-refractivity contribution in [1.29, 1.82) is 0 Å². The number of halogens is 3. The molecule has 2 nitrogen and oxygen atoms in total. The predicted octanol–water partition coefficient (Wildman–Crippen LogP) is -1.54. The third kappa shape index (κ3) is 22.5. The van der Waals surface area contributed by atoms with Crippen molar-refractivity contribution in [3.63, 3.8) is 0 Å². The molecule has 0 radical (unpaired) electrons. The standard InChI is InChI=1S/C5H14NO.I3/c1-6(2,3)4-5-7;1-3-2/h7H,4-5H2,1-3H3;/q+1;-1. The van der Waals surface area contributed by atoms with E-state index in [-0.39, 0.29) is 6.61 Å². The van der Waals surface area contributed by atoms with Gasteiger partial charge in [-0.1, -0.05) is 0 Å². The Kier molecular flexibility index (Phi) is 13.5. The van der Waals surface area contributed by atoms with Crippen molar-refractivity contribution in [3.05, 3.63) is 0 Å². The summed E-state index contributed by atoms with van der Waals surface area (Å²) in [6, 6.07) is 0. The number of likely N-dealkylation sites (N-methyl/N-ethyl adjacent to an activating group) is 1. The van der Waals surface area contributed by atoms with Gasteiger partial charge in [0.15, 0.2) is 0 Å². The summed E-state index contributed by atoms with van der Waals surface area (Å²) in [5.41, 5.74) is 0. The molecule has 0 amide bonds. The van der Waals surface area contributed by atoms with Gasteiger partial charge in [0.25, 0.3) is 0 Å². The summed E-state index contributed by atoms with van der Waals surface area (Å²) in [5.74, 6) is 0. The third-order valence-corrected chi connectivity index (χ3v) is 0.771. The maximum absolute atomic E-state index is 8.39. The summed E-state index contributed by atoms with van der Waals surface area (Å²) < 4.78 is 0.844. The van der Waals surface area contributed by atoms with Gasteiger partial charge in [-0.25, -0.2) is 0 Å². The van der Waals surface area contributed by atoms with E-state index in [4.69, 9.17) is 5.11 Å². The molecular weight excluding hydrogens is 471 g/mol. The molecule has 66 valence electrons. The number of aliphatic hydroxyl groups is 1.